The van der Waals surface area contributed by atoms with Crippen LogP contribution < -0.4 is 4.90 Å². The van der Waals surface area contributed by atoms with Crippen LogP contribution >= 0.6 is 0 Å². The van der Waals surface area contributed by atoms with E-state index >= 15 is 0 Å². The standard InChI is InChI=1S/C27H27N5O2/c1-30(20-21-12-14-23(15-13-21)31-16-18-34-19-17-31)27(33)25-28-26(22-8-4-2-5-9-22)32(29-25)24-10-6-3-7-11-24/h2-15H,16-20H2,1H3. The highest BCUT2D eigenvalue weighted by Gasteiger charge is 2.22. The topological polar surface area (TPSA) is 63.5 Å². The van der Waals surface area contributed by atoms with Gasteiger partial charge in [0.05, 0.1) is 18.9 Å². The summed E-state index contributed by atoms with van der Waals surface area (Å²) in [6.07, 6.45) is 0. The zero-order valence-corrected chi connectivity index (χ0v) is 19.2. The molecule has 1 aromatic heterocycles. The van der Waals surface area contributed by atoms with Crippen LogP contribution in [0.15, 0.2) is 84.9 Å². The number of rotatable bonds is 6. The summed E-state index contributed by atoms with van der Waals surface area (Å²) in [6.45, 7) is 3.79. The lowest BCUT2D eigenvalue weighted by atomic mass is 10.1. The van der Waals surface area contributed by atoms with Crippen LogP contribution in [0.2, 0.25) is 0 Å². The second-order valence-corrected chi connectivity index (χ2v) is 8.30. The Labute approximate surface area is 199 Å². The molecule has 7 nitrogen and oxygen atoms in total. The van der Waals surface area contributed by atoms with Gasteiger partial charge in [0.2, 0.25) is 5.82 Å². The van der Waals surface area contributed by atoms with Crippen LogP contribution in [0.3, 0.4) is 0 Å². The molecule has 4 aromatic rings. The molecular weight excluding hydrogens is 426 g/mol. The Morgan fingerprint density at radius 1 is 0.882 bits per heavy atom. The van der Waals surface area contributed by atoms with Gasteiger partial charge in [0, 0.05) is 37.9 Å². The first-order valence-corrected chi connectivity index (χ1v) is 11.4. The molecule has 1 amide bonds. The number of benzene rings is 3. The normalized spacial score (nSPS) is 13.6. The molecular formula is C27H27N5O2. The minimum Gasteiger partial charge on any atom is -0.378 e. The third-order valence-electron chi connectivity index (χ3n) is 5.91. The van der Waals surface area contributed by atoms with Crippen molar-refractivity contribution >= 4 is 11.6 Å². The molecule has 34 heavy (non-hydrogen) atoms. The predicted octanol–water partition coefficient (Wildman–Crippen LogP) is 4.04. The molecule has 0 spiro atoms. The minimum absolute atomic E-state index is 0.176. The number of aromatic nitrogens is 3. The van der Waals surface area contributed by atoms with E-state index in [2.05, 4.69) is 39.2 Å². The van der Waals surface area contributed by atoms with Gasteiger partial charge in [-0.05, 0) is 29.8 Å². The van der Waals surface area contributed by atoms with Gasteiger partial charge in [-0.1, -0.05) is 60.7 Å². The van der Waals surface area contributed by atoms with Crippen molar-refractivity contribution in [2.75, 3.05) is 38.3 Å². The number of hydrogen-bond donors (Lipinski definition) is 0. The Balaban J connectivity index is 1.36. The summed E-state index contributed by atoms with van der Waals surface area (Å²) in [6, 6.07) is 27.9. The molecule has 1 aliphatic heterocycles. The van der Waals surface area contributed by atoms with Crippen LogP contribution in [0.1, 0.15) is 16.2 Å². The zero-order valence-electron chi connectivity index (χ0n) is 19.2. The van der Waals surface area contributed by atoms with E-state index in [-0.39, 0.29) is 11.7 Å². The molecule has 0 unspecified atom stereocenters. The smallest absolute Gasteiger partial charge is 0.293 e. The van der Waals surface area contributed by atoms with Gasteiger partial charge in [0.1, 0.15) is 0 Å². The molecule has 0 bridgehead atoms. The van der Waals surface area contributed by atoms with Crippen LogP contribution in [0, 0.1) is 0 Å². The Morgan fingerprint density at radius 2 is 1.53 bits per heavy atom. The maximum absolute atomic E-state index is 13.3. The molecule has 0 saturated carbocycles. The molecule has 172 valence electrons. The van der Waals surface area contributed by atoms with Gasteiger partial charge < -0.3 is 14.5 Å². The first-order valence-electron chi connectivity index (χ1n) is 11.4. The van der Waals surface area contributed by atoms with Crippen LogP contribution in [0.25, 0.3) is 17.1 Å². The molecule has 0 radical (unpaired) electrons. The number of amides is 1. The highest BCUT2D eigenvalue weighted by Crippen LogP contribution is 2.22. The van der Waals surface area contributed by atoms with E-state index in [0.717, 1.165) is 43.1 Å². The number of nitrogens with zero attached hydrogens (tertiary/aromatic N) is 5. The number of morpholine rings is 1. The van der Waals surface area contributed by atoms with Crippen molar-refractivity contribution in [3.05, 3.63) is 96.3 Å². The monoisotopic (exact) mass is 453 g/mol. The summed E-state index contributed by atoms with van der Waals surface area (Å²) >= 11 is 0. The van der Waals surface area contributed by atoms with E-state index in [4.69, 9.17) is 4.74 Å². The predicted molar refractivity (Wildman–Crippen MR) is 132 cm³/mol. The Morgan fingerprint density at radius 3 is 2.21 bits per heavy atom. The molecule has 7 heteroatoms. The quantitative estimate of drug-likeness (QED) is 0.441. The molecule has 1 aliphatic rings. The molecule has 3 aromatic carbocycles. The summed E-state index contributed by atoms with van der Waals surface area (Å²) < 4.78 is 7.16. The van der Waals surface area contributed by atoms with Crippen molar-refractivity contribution in [2.24, 2.45) is 0 Å². The van der Waals surface area contributed by atoms with Gasteiger partial charge in [-0.15, -0.1) is 5.10 Å². The Kier molecular flexibility index (Phi) is 6.35. The molecule has 2 heterocycles. The van der Waals surface area contributed by atoms with Gasteiger partial charge in [-0.2, -0.15) is 0 Å². The van der Waals surface area contributed by atoms with Crippen molar-refractivity contribution in [3.8, 4) is 17.1 Å². The lowest BCUT2D eigenvalue weighted by Gasteiger charge is -2.29. The zero-order chi connectivity index (χ0) is 23.3. The first-order chi connectivity index (χ1) is 16.7. The first kappa shape index (κ1) is 21.9. The molecule has 0 aliphatic carbocycles. The van der Waals surface area contributed by atoms with Crippen molar-refractivity contribution in [3.63, 3.8) is 0 Å². The van der Waals surface area contributed by atoms with Crippen LogP contribution in [-0.4, -0.2) is 58.9 Å². The fourth-order valence-electron chi connectivity index (χ4n) is 4.08. The number of carbonyl (C=O) groups excluding carboxylic acids is 1. The maximum Gasteiger partial charge on any atom is 0.293 e. The van der Waals surface area contributed by atoms with Gasteiger partial charge >= 0.3 is 0 Å². The number of carbonyl (C=O) groups is 1. The second kappa shape index (κ2) is 9.89. The van der Waals surface area contributed by atoms with Crippen molar-refractivity contribution < 1.29 is 9.53 Å². The largest absolute Gasteiger partial charge is 0.378 e. The van der Waals surface area contributed by atoms with Crippen molar-refractivity contribution in [1.82, 2.24) is 19.7 Å². The highest BCUT2D eigenvalue weighted by atomic mass is 16.5. The average molecular weight is 454 g/mol. The number of ether oxygens (including phenoxy) is 1. The summed E-state index contributed by atoms with van der Waals surface area (Å²) in [4.78, 5) is 21.9. The van der Waals surface area contributed by atoms with E-state index in [1.165, 1.54) is 5.69 Å². The van der Waals surface area contributed by atoms with Crippen LogP contribution in [-0.2, 0) is 11.3 Å². The van der Waals surface area contributed by atoms with E-state index in [9.17, 15) is 4.79 Å². The lowest BCUT2D eigenvalue weighted by Crippen LogP contribution is -2.36. The molecule has 1 saturated heterocycles. The van der Waals surface area contributed by atoms with Gasteiger partial charge in [0.25, 0.3) is 5.91 Å². The van der Waals surface area contributed by atoms with Gasteiger partial charge in [-0.25, -0.2) is 9.67 Å². The highest BCUT2D eigenvalue weighted by molar-refractivity contribution is 5.90. The number of anilines is 1. The number of para-hydroxylation sites is 1. The Hall–Kier alpha value is -3.97. The van der Waals surface area contributed by atoms with E-state index in [1.807, 2.05) is 60.7 Å². The maximum atomic E-state index is 13.3. The summed E-state index contributed by atoms with van der Waals surface area (Å²) in [5.74, 6) is 0.595. The fraction of sp³-hybridized carbons (Fsp3) is 0.222. The van der Waals surface area contributed by atoms with E-state index in [0.29, 0.717) is 12.4 Å². The summed E-state index contributed by atoms with van der Waals surface area (Å²) in [5, 5.41) is 4.59. The second-order valence-electron chi connectivity index (χ2n) is 8.30. The summed E-state index contributed by atoms with van der Waals surface area (Å²) in [7, 11) is 1.78. The SMILES string of the molecule is CN(Cc1ccc(N2CCOCC2)cc1)C(=O)c1nc(-c2ccccc2)n(-c2ccccc2)n1. The van der Waals surface area contributed by atoms with E-state index < -0.39 is 0 Å². The third-order valence-corrected chi connectivity index (χ3v) is 5.91. The molecule has 0 atom stereocenters. The van der Waals surface area contributed by atoms with Gasteiger partial charge in [0.15, 0.2) is 5.82 Å². The molecule has 5 rings (SSSR count). The fourth-order valence-corrected chi connectivity index (χ4v) is 4.08. The number of hydrogen-bond acceptors (Lipinski definition) is 5. The van der Waals surface area contributed by atoms with Crippen molar-refractivity contribution in [1.29, 1.82) is 0 Å². The third kappa shape index (κ3) is 4.70. The van der Waals surface area contributed by atoms with Crippen molar-refractivity contribution in [2.45, 2.75) is 6.54 Å². The van der Waals surface area contributed by atoms with Gasteiger partial charge in [-0.3, -0.25) is 4.79 Å². The van der Waals surface area contributed by atoms with Crippen LogP contribution in [0.4, 0.5) is 5.69 Å². The summed E-state index contributed by atoms with van der Waals surface area (Å²) in [5.41, 5.74) is 3.99. The average Bonchev–Trinajstić information content (AvgIpc) is 3.36. The molecule has 0 N–H and O–H groups in total. The lowest BCUT2D eigenvalue weighted by molar-refractivity contribution is 0.0773. The minimum atomic E-state index is -0.218. The Bertz CT molecular complexity index is 1180. The van der Waals surface area contributed by atoms with Crippen LogP contribution in [0.5, 0.6) is 0 Å². The molecule has 1 fully saturated rings. The van der Waals surface area contributed by atoms with E-state index in [1.54, 1.807) is 16.6 Å².